The standard InChI is InChI=1S/C23H28N2O7S/c1-16(2)33(28,29)20-9-8-17(24-11-13-32-14-12-24)15-19(20)25-10-6-5-7-18(22(26)30-3)21(25)23(27)31-4/h5-10,15-16H,11-14H2,1-4H3. The van der Waals surface area contributed by atoms with Gasteiger partial charge in [0.25, 0.3) is 0 Å². The average Bonchev–Trinajstić information content (AvgIpc) is 3.06. The number of ether oxygens (including phenoxy) is 3. The molecule has 1 aromatic rings. The Labute approximate surface area is 193 Å². The van der Waals surface area contributed by atoms with Crippen LogP contribution in [-0.4, -0.2) is 66.1 Å². The summed E-state index contributed by atoms with van der Waals surface area (Å²) in [5.41, 5.74) is 0.799. The quantitative estimate of drug-likeness (QED) is 0.572. The van der Waals surface area contributed by atoms with E-state index in [1.807, 2.05) is 0 Å². The van der Waals surface area contributed by atoms with Crippen molar-refractivity contribution in [2.75, 3.05) is 50.3 Å². The van der Waals surface area contributed by atoms with Crippen LogP contribution in [-0.2, 0) is 33.6 Å². The summed E-state index contributed by atoms with van der Waals surface area (Å²) in [5, 5.41) is -0.704. The summed E-state index contributed by atoms with van der Waals surface area (Å²) in [5.74, 6) is -1.56. The lowest BCUT2D eigenvalue weighted by atomic mass is 10.1. The Balaban J connectivity index is 2.30. The SMILES string of the molecule is COC(=O)C1=C(C(=O)OC)N(c2cc(N3CCOCC3)ccc2S(=O)(=O)C(C)C)C=CC=C1. The number of hydrogen-bond acceptors (Lipinski definition) is 9. The van der Waals surface area contributed by atoms with Gasteiger partial charge in [-0.2, -0.15) is 0 Å². The molecule has 9 nitrogen and oxygen atoms in total. The smallest absolute Gasteiger partial charge is 0.355 e. The molecule has 1 aromatic carbocycles. The number of nitrogens with zero attached hydrogens (tertiary/aromatic N) is 2. The van der Waals surface area contributed by atoms with Crippen LogP contribution >= 0.6 is 0 Å². The topological polar surface area (TPSA) is 102 Å². The molecular formula is C23H28N2O7S. The van der Waals surface area contributed by atoms with Crippen molar-refractivity contribution in [1.82, 2.24) is 0 Å². The summed E-state index contributed by atoms with van der Waals surface area (Å²) in [4.78, 5) is 28.8. The summed E-state index contributed by atoms with van der Waals surface area (Å²) >= 11 is 0. The van der Waals surface area contributed by atoms with Gasteiger partial charge in [0.15, 0.2) is 9.84 Å². The highest BCUT2D eigenvalue weighted by atomic mass is 32.2. The highest BCUT2D eigenvalue weighted by molar-refractivity contribution is 7.92. The lowest BCUT2D eigenvalue weighted by Gasteiger charge is -2.31. The second-order valence-corrected chi connectivity index (χ2v) is 10.1. The van der Waals surface area contributed by atoms with Crippen LogP contribution < -0.4 is 9.80 Å². The van der Waals surface area contributed by atoms with Gasteiger partial charge in [-0.1, -0.05) is 6.08 Å². The molecule has 0 unspecified atom stereocenters. The Kier molecular flexibility index (Phi) is 7.60. The van der Waals surface area contributed by atoms with Crippen LogP contribution in [0, 0.1) is 0 Å². The van der Waals surface area contributed by atoms with Crippen molar-refractivity contribution in [3.05, 3.63) is 53.9 Å². The molecule has 3 rings (SSSR count). The minimum Gasteiger partial charge on any atom is -0.465 e. The molecule has 2 aliphatic rings. The monoisotopic (exact) mass is 476 g/mol. The minimum absolute atomic E-state index is 0.0340. The van der Waals surface area contributed by atoms with Gasteiger partial charge in [0.2, 0.25) is 0 Å². The molecule has 33 heavy (non-hydrogen) atoms. The molecule has 1 fully saturated rings. The molecule has 10 heteroatoms. The Bertz CT molecular complexity index is 1110. The van der Waals surface area contributed by atoms with Crippen LogP contribution in [0.25, 0.3) is 0 Å². The lowest BCUT2D eigenvalue weighted by molar-refractivity contribution is -0.139. The fraction of sp³-hybridized carbons (Fsp3) is 0.391. The van der Waals surface area contributed by atoms with E-state index in [1.54, 1.807) is 38.1 Å². The molecule has 0 aliphatic carbocycles. The molecule has 0 radical (unpaired) electrons. The molecular weight excluding hydrogens is 448 g/mol. The van der Waals surface area contributed by atoms with Crippen molar-refractivity contribution in [3.63, 3.8) is 0 Å². The molecule has 0 atom stereocenters. The number of anilines is 2. The minimum atomic E-state index is -3.75. The van der Waals surface area contributed by atoms with Crippen LogP contribution in [0.1, 0.15) is 13.8 Å². The molecule has 2 heterocycles. The first-order valence-corrected chi connectivity index (χ1v) is 12.0. The zero-order valence-electron chi connectivity index (χ0n) is 19.1. The highest BCUT2D eigenvalue weighted by Crippen LogP contribution is 2.36. The van der Waals surface area contributed by atoms with E-state index in [-0.39, 0.29) is 21.9 Å². The number of carbonyl (C=O) groups excluding carboxylic acids is 2. The van der Waals surface area contributed by atoms with Gasteiger partial charge in [0.1, 0.15) is 5.70 Å². The molecule has 0 spiro atoms. The molecule has 0 amide bonds. The number of carbonyl (C=O) groups is 2. The third kappa shape index (κ3) is 4.96. The van der Waals surface area contributed by atoms with E-state index in [2.05, 4.69) is 4.90 Å². The Morgan fingerprint density at radius 2 is 1.70 bits per heavy atom. The second-order valence-electron chi connectivity index (χ2n) is 7.66. The van der Waals surface area contributed by atoms with Crippen molar-refractivity contribution in [1.29, 1.82) is 0 Å². The number of rotatable bonds is 6. The predicted molar refractivity (Wildman–Crippen MR) is 124 cm³/mol. The van der Waals surface area contributed by atoms with E-state index in [1.165, 1.54) is 37.5 Å². The van der Waals surface area contributed by atoms with E-state index in [9.17, 15) is 18.0 Å². The number of methoxy groups -OCH3 is 2. The molecule has 1 saturated heterocycles. The van der Waals surface area contributed by atoms with Gasteiger partial charge in [-0.15, -0.1) is 0 Å². The number of allylic oxidation sites excluding steroid dienone is 2. The predicted octanol–water partition coefficient (Wildman–Crippen LogP) is 2.20. The van der Waals surface area contributed by atoms with Crippen molar-refractivity contribution in [2.45, 2.75) is 24.0 Å². The van der Waals surface area contributed by atoms with Crippen LogP contribution in [0.3, 0.4) is 0 Å². The van der Waals surface area contributed by atoms with E-state index in [4.69, 9.17) is 14.2 Å². The van der Waals surface area contributed by atoms with Crippen molar-refractivity contribution in [2.24, 2.45) is 0 Å². The Hall–Kier alpha value is -3.11. The van der Waals surface area contributed by atoms with Gasteiger partial charge >= 0.3 is 11.9 Å². The first kappa shape index (κ1) is 24.5. The normalized spacial score (nSPS) is 16.8. The second kappa shape index (κ2) is 10.2. The molecule has 0 saturated carbocycles. The summed E-state index contributed by atoms with van der Waals surface area (Å²) in [6.07, 6.45) is 6.12. The van der Waals surface area contributed by atoms with E-state index in [0.29, 0.717) is 26.3 Å². The maximum Gasteiger partial charge on any atom is 0.355 e. The summed E-state index contributed by atoms with van der Waals surface area (Å²) in [6.45, 7) is 5.56. The maximum atomic E-state index is 13.3. The first-order chi connectivity index (χ1) is 15.7. The number of esters is 2. The third-order valence-electron chi connectivity index (χ3n) is 5.39. The van der Waals surface area contributed by atoms with Crippen LogP contribution in [0.2, 0.25) is 0 Å². The molecule has 0 bridgehead atoms. The van der Waals surface area contributed by atoms with Crippen molar-refractivity contribution in [3.8, 4) is 0 Å². The fourth-order valence-corrected chi connectivity index (χ4v) is 4.77. The summed E-state index contributed by atoms with van der Waals surface area (Å²) in [6, 6.07) is 4.98. The number of sulfone groups is 1. The van der Waals surface area contributed by atoms with Gasteiger partial charge < -0.3 is 24.0 Å². The Morgan fingerprint density at radius 3 is 2.30 bits per heavy atom. The maximum absolute atomic E-state index is 13.3. The van der Waals surface area contributed by atoms with Gasteiger partial charge in [-0.05, 0) is 44.2 Å². The van der Waals surface area contributed by atoms with Gasteiger partial charge in [0.05, 0.1) is 48.8 Å². The van der Waals surface area contributed by atoms with Crippen molar-refractivity contribution >= 4 is 33.2 Å². The van der Waals surface area contributed by atoms with Gasteiger partial charge in [-0.25, -0.2) is 18.0 Å². The number of benzene rings is 1. The van der Waals surface area contributed by atoms with E-state index in [0.717, 1.165) is 5.69 Å². The number of hydrogen-bond donors (Lipinski definition) is 0. The summed E-state index contributed by atoms with van der Waals surface area (Å²) in [7, 11) is -1.35. The fourth-order valence-electron chi connectivity index (χ4n) is 3.56. The molecule has 0 N–H and O–H groups in total. The van der Waals surface area contributed by atoms with Gasteiger partial charge in [-0.3, -0.25) is 0 Å². The van der Waals surface area contributed by atoms with Crippen LogP contribution in [0.4, 0.5) is 11.4 Å². The first-order valence-electron chi connectivity index (χ1n) is 10.5. The summed E-state index contributed by atoms with van der Waals surface area (Å²) < 4.78 is 41.8. The van der Waals surface area contributed by atoms with Gasteiger partial charge in [0, 0.05) is 25.0 Å². The number of morpholine rings is 1. The average molecular weight is 477 g/mol. The molecule has 2 aliphatic heterocycles. The van der Waals surface area contributed by atoms with Crippen LogP contribution in [0.15, 0.2) is 58.8 Å². The lowest BCUT2D eigenvalue weighted by Crippen LogP contribution is -2.36. The molecule has 178 valence electrons. The van der Waals surface area contributed by atoms with Crippen LogP contribution in [0.5, 0.6) is 0 Å². The van der Waals surface area contributed by atoms with Crippen molar-refractivity contribution < 1.29 is 32.2 Å². The third-order valence-corrected chi connectivity index (χ3v) is 7.59. The zero-order valence-corrected chi connectivity index (χ0v) is 19.9. The largest absolute Gasteiger partial charge is 0.465 e. The zero-order chi connectivity index (χ0) is 24.2. The van der Waals surface area contributed by atoms with E-state index >= 15 is 0 Å². The van der Waals surface area contributed by atoms with E-state index < -0.39 is 27.0 Å². The molecule has 0 aromatic heterocycles. The Morgan fingerprint density at radius 1 is 1.03 bits per heavy atom. The highest BCUT2D eigenvalue weighted by Gasteiger charge is 2.32.